The lowest BCUT2D eigenvalue weighted by atomic mass is 9.85. The maximum Gasteiger partial charge on any atom is 0.225 e. The number of ether oxygens (including phenoxy) is 2. The van der Waals surface area contributed by atoms with Crippen LogP contribution in [0, 0.1) is 5.92 Å². The Bertz CT molecular complexity index is 363. The van der Waals surface area contributed by atoms with Crippen LogP contribution in [0.3, 0.4) is 0 Å². The number of carbonyl (C=O) groups excluding carboxylic acids is 1. The minimum Gasteiger partial charge on any atom is -0.376 e. The molecule has 2 aliphatic heterocycles. The molecule has 3 aliphatic rings. The van der Waals surface area contributed by atoms with Crippen molar-refractivity contribution in [2.24, 2.45) is 11.7 Å². The minimum atomic E-state index is 0.160. The molecule has 3 unspecified atom stereocenters. The second kappa shape index (κ2) is 7.75. The van der Waals surface area contributed by atoms with Crippen molar-refractivity contribution in [2.45, 2.75) is 69.6 Å². The SMILES string of the molecule is NC1CCCC(C(=O)N2CCC(OCC3CCCO3)CC2)C1. The molecule has 2 saturated heterocycles. The monoisotopic (exact) mass is 310 g/mol. The second-order valence-electron chi connectivity index (χ2n) is 7.12. The van der Waals surface area contributed by atoms with E-state index < -0.39 is 0 Å². The van der Waals surface area contributed by atoms with Gasteiger partial charge < -0.3 is 20.1 Å². The maximum atomic E-state index is 12.6. The Kier molecular flexibility index (Phi) is 5.71. The molecule has 22 heavy (non-hydrogen) atoms. The summed E-state index contributed by atoms with van der Waals surface area (Å²) in [6.45, 7) is 3.27. The molecule has 2 heterocycles. The van der Waals surface area contributed by atoms with Gasteiger partial charge >= 0.3 is 0 Å². The molecular formula is C17H30N2O3. The van der Waals surface area contributed by atoms with Crippen LogP contribution in [0.15, 0.2) is 0 Å². The number of rotatable bonds is 4. The van der Waals surface area contributed by atoms with Gasteiger partial charge in [-0.25, -0.2) is 0 Å². The lowest BCUT2D eigenvalue weighted by Crippen LogP contribution is -2.45. The Morgan fingerprint density at radius 2 is 1.95 bits per heavy atom. The second-order valence-corrected chi connectivity index (χ2v) is 7.12. The van der Waals surface area contributed by atoms with Crippen molar-refractivity contribution in [3.63, 3.8) is 0 Å². The fourth-order valence-corrected chi connectivity index (χ4v) is 3.97. The number of amides is 1. The first-order chi connectivity index (χ1) is 10.7. The topological polar surface area (TPSA) is 64.8 Å². The third-order valence-electron chi connectivity index (χ3n) is 5.36. The molecule has 0 aromatic carbocycles. The molecule has 0 bridgehead atoms. The predicted octanol–water partition coefficient (Wildman–Crippen LogP) is 1.69. The third-order valence-corrected chi connectivity index (χ3v) is 5.36. The van der Waals surface area contributed by atoms with Gasteiger partial charge in [-0.05, 0) is 44.9 Å². The standard InChI is InChI=1S/C17H30N2O3/c18-14-4-1-3-13(11-14)17(20)19-8-6-15(7-9-19)22-12-16-5-2-10-21-16/h13-16H,1-12,18H2. The number of carbonyl (C=O) groups is 1. The first-order valence-electron chi connectivity index (χ1n) is 9.00. The van der Waals surface area contributed by atoms with Crippen molar-refractivity contribution in [3.05, 3.63) is 0 Å². The Morgan fingerprint density at radius 1 is 1.14 bits per heavy atom. The van der Waals surface area contributed by atoms with E-state index in [4.69, 9.17) is 15.2 Å². The van der Waals surface area contributed by atoms with E-state index in [9.17, 15) is 4.79 Å². The van der Waals surface area contributed by atoms with Gasteiger partial charge in [-0.1, -0.05) is 6.42 Å². The molecule has 5 nitrogen and oxygen atoms in total. The Hall–Kier alpha value is -0.650. The summed E-state index contributed by atoms with van der Waals surface area (Å²) in [5.41, 5.74) is 6.01. The van der Waals surface area contributed by atoms with E-state index in [2.05, 4.69) is 0 Å². The van der Waals surface area contributed by atoms with Crippen LogP contribution in [0.1, 0.15) is 51.4 Å². The summed E-state index contributed by atoms with van der Waals surface area (Å²) >= 11 is 0. The van der Waals surface area contributed by atoms with Gasteiger partial charge in [0.1, 0.15) is 0 Å². The van der Waals surface area contributed by atoms with Gasteiger partial charge in [-0.15, -0.1) is 0 Å². The van der Waals surface area contributed by atoms with Crippen molar-refractivity contribution in [1.29, 1.82) is 0 Å². The van der Waals surface area contributed by atoms with E-state index >= 15 is 0 Å². The molecule has 2 N–H and O–H groups in total. The molecule has 3 fully saturated rings. The van der Waals surface area contributed by atoms with Crippen LogP contribution in [-0.4, -0.2) is 55.4 Å². The molecule has 1 amide bonds. The first kappa shape index (κ1) is 16.2. The van der Waals surface area contributed by atoms with Gasteiger partial charge in [-0.2, -0.15) is 0 Å². The normalized spacial score (nSPS) is 34.0. The van der Waals surface area contributed by atoms with Crippen molar-refractivity contribution < 1.29 is 14.3 Å². The average molecular weight is 310 g/mol. The molecular weight excluding hydrogens is 280 g/mol. The largest absolute Gasteiger partial charge is 0.376 e. The zero-order valence-electron chi connectivity index (χ0n) is 13.5. The summed E-state index contributed by atoms with van der Waals surface area (Å²) in [4.78, 5) is 14.6. The highest BCUT2D eigenvalue weighted by Gasteiger charge is 2.31. The average Bonchev–Trinajstić information content (AvgIpc) is 3.06. The minimum absolute atomic E-state index is 0.160. The van der Waals surface area contributed by atoms with E-state index in [0.717, 1.165) is 77.7 Å². The summed E-state index contributed by atoms with van der Waals surface area (Å²) in [5.74, 6) is 0.487. The quantitative estimate of drug-likeness (QED) is 0.858. The van der Waals surface area contributed by atoms with Gasteiger partial charge in [-0.3, -0.25) is 4.79 Å². The molecule has 0 aromatic heterocycles. The molecule has 0 spiro atoms. The van der Waals surface area contributed by atoms with Gasteiger partial charge in [0.2, 0.25) is 5.91 Å². The molecule has 0 aromatic rings. The summed E-state index contributed by atoms with van der Waals surface area (Å²) in [5, 5.41) is 0. The van der Waals surface area contributed by atoms with Gasteiger partial charge in [0, 0.05) is 31.7 Å². The Balaban J connectivity index is 1.38. The molecule has 1 saturated carbocycles. The zero-order chi connectivity index (χ0) is 15.4. The van der Waals surface area contributed by atoms with Crippen LogP contribution in [0.4, 0.5) is 0 Å². The van der Waals surface area contributed by atoms with E-state index in [1.54, 1.807) is 0 Å². The zero-order valence-corrected chi connectivity index (χ0v) is 13.5. The molecule has 1 aliphatic carbocycles. The number of piperidine rings is 1. The number of nitrogens with two attached hydrogens (primary N) is 1. The fourth-order valence-electron chi connectivity index (χ4n) is 3.97. The molecule has 126 valence electrons. The first-order valence-corrected chi connectivity index (χ1v) is 9.00. The predicted molar refractivity (Wildman–Crippen MR) is 84.5 cm³/mol. The smallest absolute Gasteiger partial charge is 0.225 e. The van der Waals surface area contributed by atoms with Gasteiger partial charge in [0.25, 0.3) is 0 Å². The molecule has 3 rings (SSSR count). The summed E-state index contributed by atoms with van der Waals surface area (Å²) < 4.78 is 11.6. The van der Waals surface area contributed by atoms with Crippen LogP contribution >= 0.6 is 0 Å². The molecule has 5 heteroatoms. The summed E-state index contributed by atoms with van der Waals surface area (Å²) in [6.07, 6.45) is 8.83. The van der Waals surface area contributed by atoms with E-state index in [0.29, 0.717) is 18.1 Å². The van der Waals surface area contributed by atoms with E-state index in [1.807, 2.05) is 4.90 Å². The van der Waals surface area contributed by atoms with Crippen LogP contribution in [-0.2, 0) is 14.3 Å². The maximum absolute atomic E-state index is 12.6. The Labute approximate surface area is 133 Å². The van der Waals surface area contributed by atoms with Gasteiger partial charge in [0.05, 0.1) is 18.8 Å². The number of hydrogen-bond acceptors (Lipinski definition) is 4. The van der Waals surface area contributed by atoms with Crippen LogP contribution in [0.5, 0.6) is 0 Å². The number of hydrogen-bond donors (Lipinski definition) is 1. The highest BCUT2D eigenvalue weighted by atomic mass is 16.5. The number of likely N-dealkylation sites (tertiary alicyclic amines) is 1. The lowest BCUT2D eigenvalue weighted by molar-refractivity contribution is -0.139. The third kappa shape index (κ3) is 4.21. The number of nitrogens with zero attached hydrogens (tertiary/aromatic N) is 1. The highest BCUT2D eigenvalue weighted by molar-refractivity contribution is 5.79. The van der Waals surface area contributed by atoms with Crippen molar-refractivity contribution in [1.82, 2.24) is 4.90 Å². The highest BCUT2D eigenvalue weighted by Crippen LogP contribution is 2.26. The van der Waals surface area contributed by atoms with Crippen molar-refractivity contribution >= 4 is 5.91 Å². The molecule has 0 radical (unpaired) electrons. The van der Waals surface area contributed by atoms with E-state index in [-0.39, 0.29) is 12.0 Å². The van der Waals surface area contributed by atoms with Crippen LogP contribution in [0.25, 0.3) is 0 Å². The van der Waals surface area contributed by atoms with Crippen LogP contribution < -0.4 is 5.73 Å². The summed E-state index contributed by atoms with van der Waals surface area (Å²) in [6, 6.07) is 0.218. The summed E-state index contributed by atoms with van der Waals surface area (Å²) in [7, 11) is 0. The van der Waals surface area contributed by atoms with Crippen molar-refractivity contribution in [3.8, 4) is 0 Å². The molecule has 3 atom stereocenters. The van der Waals surface area contributed by atoms with Crippen LogP contribution in [0.2, 0.25) is 0 Å². The fraction of sp³-hybridized carbons (Fsp3) is 0.941. The van der Waals surface area contributed by atoms with Gasteiger partial charge in [0.15, 0.2) is 0 Å². The van der Waals surface area contributed by atoms with Crippen molar-refractivity contribution in [2.75, 3.05) is 26.3 Å². The lowest BCUT2D eigenvalue weighted by Gasteiger charge is -2.36. The van der Waals surface area contributed by atoms with E-state index in [1.165, 1.54) is 0 Å². The Morgan fingerprint density at radius 3 is 2.64 bits per heavy atom.